The Morgan fingerprint density at radius 3 is 2.47 bits per heavy atom. The Balaban J connectivity index is 1.25. The molecule has 0 atom stereocenters. The van der Waals surface area contributed by atoms with Gasteiger partial charge in [-0.25, -0.2) is 0 Å². The third kappa shape index (κ3) is 5.83. The van der Waals surface area contributed by atoms with Gasteiger partial charge < -0.3 is 19.1 Å². The van der Waals surface area contributed by atoms with Gasteiger partial charge in [-0.15, -0.1) is 13.2 Å². The molecule has 4 aromatic rings. The summed E-state index contributed by atoms with van der Waals surface area (Å²) in [6.45, 7) is 5.35. The van der Waals surface area contributed by atoms with E-state index in [1.54, 1.807) is 23.0 Å². The van der Waals surface area contributed by atoms with Crippen molar-refractivity contribution in [2.24, 2.45) is 0 Å². The number of hydrogen-bond acceptors (Lipinski definition) is 8. The first kappa shape index (κ1) is 25.4. The second kappa shape index (κ2) is 10.2. The molecule has 0 N–H and O–H groups in total. The minimum Gasteiger partial charge on any atom is -0.406 e. The van der Waals surface area contributed by atoms with Gasteiger partial charge in [-0.1, -0.05) is 11.2 Å². The molecule has 1 aliphatic heterocycles. The standard InChI is InChI=1S/C25H24F3N7O3/c1-16-13-21(23-30-22(32-38-23)18-4-6-19(7-5-18)37-25(26,27)28)31-35(16)15-17-3-8-20(29-14-17)24(36)34-11-9-33(2)10-12-34/h3-8,13-14H,9-12,15H2,1-2H3. The van der Waals surface area contributed by atoms with Crippen molar-refractivity contribution >= 4 is 5.91 Å². The largest absolute Gasteiger partial charge is 0.573 e. The predicted octanol–water partition coefficient (Wildman–Crippen LogP) is 3.64. The molecule has 10 nitrogen and oxygen atoms in total. The van der Waals surface area contributed by atoms with Crippen LogP contribution in [0.3, 0.4) is 0 Å². The molecule has 0 spiro atoms. The van der Waals surface area contributed by atoms with Crippen LogP contribution in [0.15, 0.2) is 53.2 Å². The van der Waals surface area contributed by atoms with Crippen molar-refractivity contribution in [2.45, 2.75) is 19.8 Å². The van der Waals surface area contributed by atoms with Crippen LogP contribution in [-0.2, 0) is 6.54 Å². The molecule has 1 amide bonds. The molecule has 38 heavy (non-hydrogen) atoms. The Kier molecular flexibility index (Phi) is 6.85. The lowest BCUT2D eigenvalue weighted by Crippen LogP contribution is -2.47. The van der Waals surface area contributed by atoms with Gasteiger partial charge >= 0.3 is 6.36 Å². The maximum Gasteiger partial charge on any atom is 0.573 e. The topological polar surface area (TPSA) is 102 Å². The highest BCUT2D eigenvalue weighted by Gasteiger charge is 2.31. The fourth-order valence-corrected chi connectivity index (χ4v) is 4.01. The Morgan fingerprint density at radius 2 is 1.82 bits per heavy atom. The van der Waals surface area contributed by atoms with Crippen LogP contribution in [-0.4, -0.2) is 80.2 Å². The maximum absolute atomic E-state index is 12.7. The van der Waals surface area contributed by atoms with Crippen molar-refractivity contribution in [3.63, 3.8) is 0 Å². The number of hydrogen-bond donors (Lipinski definition) is 0. The highest BCUT2D eigenvalue weighted by atomic mass is 19.4. The Hall–Kier alpha value is -4.26. The predicted molar refractivity (Wildman–Crippen MR) is 129 cm³/mol. The average Bonchev–Trinajstić information content (AvgIpc) is 3.51. The monoisotopic (exact) mass is 527 g/mol. The Labute approximate surface area is 215 Å². The van der Waals surface area contributed by atoms with Crippen LogP contribution in [0.1, 0.15) is 21.7 Å². The summed E-state index contributed by atoms with van der Waals surface area (Å²) in [5.74, 6) is -0.0400. The lowest BCUT2D eigenvalue weighted by molar-refractivity contribution is -0.274. The highest BCUT2D eigenvalue weighted by molar-refractivity contribution is 5.92. The molecule has 0 bridgehead atoms. The quantitative estimate of drug-likeness (QED) is 0.375. The molecule has 1 aliphatic rings. The van der Waals surface area contributed by atoms with Gasteiger partial charge in [-0.3, -0.25) is 14.5 Å². The summed E-state index contributed by atoms with van der Waals surface area (Å²) in [5, 5.41) is 8.45. The number of rotatable bonds is 6. The molecule has 0 aliphatic carbocycles. The van der Waals surface area contributed by atoms with E-state index < -0.39 is 6.36 Å². The molecule has 13 heteroatoms. The molecule has 198 valence electrons. The number of carbonyl (C=O) groups excluding carboxylic acids is 1. The number of piperazine rings is 1. The van der Waals surface area contributed by atoms with E-state index in [9.17, 15) is 18.0 Å². The highest BCUT2D eigenvalue weighted by Crippen LogP contribution is 2.27. The fourth-order valence-electron chi connectivity index (χ4n) is 4.01. The van der Waals surface area contributed by atoms with Crippen molar-refractivity contribution < 1.29 is 27.2 Å². The van der Waals surface area contributed by atoms with Crippen LogP contribution in [0, 0.1) is 6.92 Å². The number of nitrogens with zero attached hydrogens (tertiary/aromatic N) is 7. The molecule has 1 fully saturated rings. The first-order chi connectivity index (χ1) is 18.1. The number of ether oxygens (including phenoxy) is 1. The summed E-state index contributed by atoms with van der Waals surface area (Å²) in [7, 11) is 2.04. The first-order valence-electron chi connectivity index (χ1n) is 11.8. The summed E-state index contributed by atoms with van der Waals surface area (Å²) in [6.07, 6.45) is -3.10. The van der Waals surface area contributed by atoms with Gasteiger partial charge in [-0.05, 0) is 55.9 Å². The van der Waals surface area contributed by atoms with Crippen LogP contribution in [0.4, 0.5) is 13.2 Å². The second-order valence-electron chi connectivity index (χ2n) is 8.97. The third-order valence-electron chi connectivity index (χ3n) is 6.14. The molecule has 4 heterocycles. The van der Waals surface area contributed by atoms with Crippen molar-refractivity contribution in [1.29, 1.82) is 0 Å². The Bertz CT molecular complexity index is 1410. The molecule has 0 radical (unpaired) electrons. The van der Waals surface area contributed by atoms with Crippen molar-refractivity contribution in [3.8, 4) is 28.7 Å². The molecular weight excluding hydrogens is 503 g/mol. The van der Waals surface area contributed by atoms with Crippen LogP contribution >= 0.6 is 0 Å². The number of amides is 1. The second-order valence-corrected chi connectivity index (χ2v) is 8.97. The van der Waals surface area contributed by atoms with E-state index in [-0.39, 0.29) is 23.4 Å². The average molecular weight is 528 g/mol. The van der Waals surface area contributed by atoms with E-state index >= 15 is 0 Å². The van der Waals surface area contributed by atoms with Crippen LogP contribution in [0.25, 0.3) is 23.0 Å². The van der Waals surface area contributed by atoms with Crippen molar-refractivity contribution in [1.82, 2.24) is 34.7 Å². The lowest BCUT2D eigenvalue weighted by atomic mass is 10.2. The number of carbonyl (C=O) groups is 1. The number of alkyl halides is 3. The van der Waals surface area contributed by atoms with Crippen LogP contribution < -0.4 is 4.74 Å². The van der Waals surface area contributed by atoms with Gasteiger partial charge in [0.05, 0.1) is 6.54 Å². The number of likely N-dealkylation sites (N-methyl/N-ethyl adjacent to an activating group) is 1. The fraction of sp³-hybridized carbons (Fsp3) is 0.320. The summed E-state index contributed by atoms with van der Waals surface area (Å²) < 4.78 is 48.1. The zero-order chi connectivity index (χ0) is 26.9. The van der Waals surface area contributed by atoms with Gasteiger partial charge in [0.2, 0.25) is 5.82 Å². The smallest absolute Gasteiger partial charge is 0.406 e. The minimum atomic E-state index is -4.77. The molecule has 0 saturated carbocycles. The van der Waals surface area contributed by atoms with Gasteiger partial charge in [0, 0.05) is 43.6 Å². The van der Waals surface area contributed by atoms with Gasteiger partial charge in [0.25, 0.3) is 11.8 Å². The van der Waals surface area contributed by atoms with Crippen molar-refractivity contribution in [3.05, 3.63) is 65.6 Å². The van der Waals surface area contributed by atoms with E-state index in [4.69, 9.17) is 4.52 Å². The van der Waals surface area contributed by atoms with E-state index in [1.165, 1.54) is 24.3 Å². The summed E-state index contributed by atoms with van der Waals surface area (Å²) in [6, 6.07) is 10.5. The number of halogens is 3. The van der Waals surface area contributed by atoms with Gasteiger partial charge in [0.15, 0.2) is 5.69 Å². The van der Waals surface area contributed by atoms with Crippen LogP contribution in [0.2, 0.25) is 0 Å². The van der Waals surface area contributed by atoms with Crippen molar-refractivity contribution in [2.75, 3.05) is 33.2 Å². The zero-order valence-corrected chi connectivity index (χ0v) is 20.6. The van der Waals surface area contributed by atoms with Gasteiger partial charge in [0.1, 0.15) is 11.4 Å². The number of aryl methyl sites for hydroxylation is 1. The minimum absolute atomic E-state index is 0.0723. The third-order valence-corrected chi connectivity index (χ3v) is 6.14. The van der Waals surface area contributed by atoms with E-state index in [0.29, 0.717) is 36.6 Å². The SMILES string of the molecule is Cc1cc(-c2nc(-c3ccc(OC(F)(F)F)cc3)no2)nn1Cc1ccc(C(=O)N2CCN(C)CC2)nc1. The normalized spacial score (nSPS) is 14.6. The number of aromatic nitrogens is 5. The molecule has 5 rings (SSSR count). The maximum atomic E-state index is 12.7. The summed E-state index contributed by atoms with van der Waals surface area (Å²) in [4.78, 5) is 25.4. The number of pyridine rings is 1. The van der Waals surface area contributed by atoms with E-state index in [1.807, 2.05) is 24.9 Å². The summed E-state index contributed by atoms with van der Waals surface area (Å²) in [5.41, 5.74) is 3.03. The van der Waals surface area contributed by atoms with Crippen LogP contribution in [0.5, 0.6) is 5.75 Å². The Morgan fingerprint density at radius 1 is 1.08 bits per heavy atom. The molecule has 1 saturated heterocycles. The molecule has 1 aromatic carbocycles. The zero-order valence-electron chi connectivity index (χ0n) is 20.6. The number of benzene rings is 1. The molecule has 0 unspecified atom stereocenters. The van der Waals surface area contributed by atoms with E-state index in [0.717, 1.165) is 24.3 Å². The molecular formula is C25H24F3N7O3. The summed E-state index contributed by atoms with van der Waals surface area (Å²) >= 11 is 0. The van der Waals surface area contributed by atoms with Gasteiger partial charge in [-0.2, -0.15) is 10.1 Å². The van der Waals surface area contributed by atoms with E-state index in [2.05, 4.69) is 29.9 Å². The lowest BCUT2D eigenvalue weighted by Gasteiger charge is -2.32. The molecule has 3 aromatic heterocycles. The first-order valence-corrected chi connectivity index (χ1v) is 11.8.